The maximum atomic E-state index is 12.1. The Morgan fingerprint density at radius 3 is 2.63 bits per heavy atom. The minimum atomic E-state index is -3.39. The third kappa shape index (κ3) is 7.31. The first kappa shape index (κ1) is 33.7. The lowest BCUT2D eigenvalue weighted by molar-refractivity contribution is -0.137. The first-order valence-corrected chi connectivity index (χ1v) is 17.2. The van der Waals surface area contributed by atoms with Gasteiger partial charge in [-0.1, -0.05) is 42.3 Å². The first-order valence-electron chi connectivity index (χ1n) is 15.7. The molecule has 0 aliphatic carbocycles. The lowest BCUT2D eigenvalue weighted by Crippen LogP contribution is -2.33. The van der Waals surface area contributed by atoms with Crippen LogP contribution in [0.5, 0.6) is 11.5 Å². The topological polar surface area (TPSA) is 156 Å². The minimum absolute atomic E-state index is 0.149. The van der Waals surface area contributed by atoms with Gasteiger partial charge in [-0.3, -0.25) is 13.9 Å². The molecule has 0 fully saturated rings. The molecule has 0 saturated heterocycles. The third-order valence-electron chi connectivity index (χ3n) is 8.68. The van der Waals surface area contributed by atoms with Gasteiger partial charge in [-0.15, -0.1) is 15.9 Å². The molecule has 11 nitrogen and oxygen atoms in total. The van der Waals surface area contributed by atoms with Crippen LogP contribution in [-0.4, -0.2) is 65.8 Å². The van der Waals surface area contributed by atoms with Crippen molar-refractivity contribution in [1.82, 2.24) is 19.3 Å². The largest absolute Gasteiger partial charge is 0.494 e. The molecule has 12 heteroatoms. The van der Waals surface area contributed by atoms with E-state index in [0.29, 0.717) is 35.0 Å². The van der Waals surface area contributed by atoms with E-state index in [1.807, 2.05) is 56.3 Å². The van der Waals surface area contributed by atoms with Crippen LogP contribution in [0.2, 0.25) is 0 Å². The highest BCUT2D eigenvalue weighted by molar-refractivity contribution is 8.22. The maximum Gasteiger partial charge on any atom is 0.304 e. The second-order valence-corrected chi connectivity index (χ2v) is 14.1. The second kappa shape index (κ2) is 14.4. The lowest BCUT2D eigenvalue weighted by Gasteiger charge is -2.42. The number of hydrogen-bond acceptors (Lipinski definition) is 9. The molecule has 1 aliphatic heterocycles. The fourth-order valence-electron chi connectivity index (χ4n) is 6.20. The van der Waals surface area contributed by atoms with Crippen molar-refractivity contribution in [2.24, 2.45) is 12.8 Å². The molecule has 1 aliphatic rings. The first-order chi connectivity index (χ1) is 22.0. The number of carbonyl (C=O) groups is 1. The van der Waals surface area contributed by atoms with Crippen LogP contribution < -0.4 is 15.2 Å². The molecule has 2 unspecified atom stereocenters. The number of rotatable bonds is 13. The zero-order valence-corrected chi connectivity index (χ0v) is 27.8. The van der Waals surface area contributed by atoms with Crippen molar-refractivity contribution in [3.63, 3.8) is 0 Å². The number of aliphatic carboxylic acids is 1. The molecule has 3 aromatic carbocycles. The van der Waals surface area contributed by atoms with E-state index in [2.05, 4.69) is 10.3 Å². The molecule has 0 saturated carbocycles. The summed E-state index contributed by atoms with van der Waals surface area (Å²) >= 11 is 0. The van der Waals surface area contributed by atoms with Crippen molar-refractivity contribution < 1.29 is 28.5 Å². The Balaban J connectivity index is 1.44. The maximum absolute atomic E-state index is 12.1. The van der Waals surface area contributed by atoms with Crippen molar-refractivity contribution in [1.29, 1.82) is 0 Å². The molecule has 0 radical (unpaired) electrons. The highest BCUT2D eigenvalue weighted by atomic mass is 32.3. The fourth-order valence-corrected chi connectivity index (χ4v) is 7.84. The van der Waals surface area contributed by atoms with Crippen molar-refractivity contribution in [2.75, 3.05) is 20.2 Å². The van der Waals surface area contributed by atoms with E-state index in [1.54, 1.807) is 29.2 Å². The fraction of sp³-hybridized carbons (Fsp3) is 0.441. The summed E-state index contributed by atoms with van der Waals surface area (Å²) in [6.07, 6.45) is 4.71. The molecule has 5 rings (SSSR count). The number of unbranched alkanes of at least 4 members (excludes halogenated alkanes) is 3. The van der Waals surface area contributed by atoms with Gasteiger partial charge in [0.25, 0.3) is 0 Å². The Hall–Kier alpha value is -3.68. The molecule has 2 atom stereocenters. The quantitative estimate of drug-likeness (QED) is 0.122. The summed E-state index contributed by atoms with van der Waals surface area (Å²) in [5, 5.41) is 18.3. The second-order valence-electron chi connectivity index (χ2n) is 12.1. The van der Waals surface area contributed by atoms with Gasteiger partial charge in [-0.25, -0.2) is 4.68 Å². The number of carboxylic acid groups (broad SMARTS) is 1. The van der Waals surface area contributed by atoms with Gasteiger partial charge in [-0.2, -0.15) is 4.31 Å². The molecule has 46 heavy (non-hydrogen) atoms. The summed E-state index contributed by atoms with van der Waals surface area (Å²) in [7, 11) is -0.0414. The number of aryl methyl sites for hydroxylation is 3. The summed E-state index contributed by atoms with van der Waals surface area (Å²) in [5.74, 6) is -0.374. The third-order valence-corrected chi connectivity index (χ3v) is 10.6. The zero-order valence-electron chi connectivity index (χ0n) is 27.0. The van der Waals surface area contributed by atoms with Gasteiger partial charge in [0.05, 0.1) is 20.1 Å². The average Bonchev–Trinajstić information content (AvgIpc) is 3.36. The summed E-state index contributed by atoms with van der Waals surface area (Å²) in [6, 6.07) is 15.2. The van der Waals surface area contributed by atoms with Gasteiger partial charge < -0.3 is 20.3 Å². The van der Waals surface area contributed by atoms with E-state index in [-0.39, 0.29) is 19.1 Å². The van der Waals surface area contributed by atoms with Crippen LogP contribution in [0.1, 0.15) is 72.8 Å². The number of methoxy groups -OCH3 is 1. The van der Waals surface area contributed by atoms with Crippen molar-refractivity contribution in [3.05, 3.63) is 76.3 Å². The summed E-state index contributed by atoms with van der Waals surface area (Å²) in [6.45, 7) is 5.15. The molecule has 0 bridgehead atoms. The Morgan fingerprint density at radius 2 is 1.89 bits per heavy atom. The zero-order chi connectivity index (χ0) is 33.0. The van der Waals surface area contributed by atoms with Gasteiger partial charge in [0, 0.05) is 19.5 Å². The van der Waals surface area contributed by atoms with E-state index in [0.717, 1.165) is 65.4 Å². The smallest absolute Gasteiger partial charge is 0.304 e. The Labute approximate surface area is 271 Å². The highest BCUT2D eigenvalue weighted by Gasteiger charge is 2.34. The number of benzene rings is 3. The van der Waals surface area contributed by atoms with Gasteiger partial charge >= 0.3 is 5.97 Å². The standard InChI is InChI=1S/C34H45N5O6S/c1-22-10-12-25(28(19-33(40)41)26-17-29-34(31(18-26)44-4)38(3)37-36-29)16-27(22)21-39-20-23(2)45-30-15-24(9-7-5-6-8-14-35)11-13-32(30)46(39,42)43/h10-13,15-18,23,28,42-43H,5-9,14,19-21,35H2,1-4H3,(H,40,41). The Kier molecular flexibility index (Phi) is 10.5. The SMILES string of the molecule is COc1cc(C(CC(=O)O)c2ccc(C)c(CN3CC(C)Oc4cc(CCCCCCN)ccc4S3(O)O)c2)cc2nnn(C)c12. The number of carboxylic acids is 1. The molecular formula is C34H45N5O6S. The van der Waals surface area contributed by atoms with Crippen molar-refractivity contribution in [3.8, 4) is 11.5 Å². The van der Waals surface area contributed by atoms with E-state index in [9.17, 15) is 19.0 Å². The van der Waals surface area contributed by atoms with E-state index >= 15 is 0 Å². The average molecular weight is 652 g/mol. The molecule has 248 valence electrons. The molecule has 0 amide bonds. The van der Waals surface area contributed by atoms with Crippen LogP contribution in [0.4, 0.5) is 0 Å². The molecule has 2 heterocycles. The summed E-state index contributed by atoms with van der Waals surface area (Å²) in [4.78, 5) is 12.5. The summed E-state index contributed by atoms with van der Waals surface area (Å²) in [5.41, 5.74) is 11.4. The number of nitrogens with two attached hydrogens (primary N) is 1. The molecule has 4 aromatic rings. The predicted octanol–water partition coefficient (Wildman–Crippen LogP) is 6.26. The number of nitrogens with zero attached hydrogens (tertiary/aromatic N) is 4. The summed E-state index contributed by atoms with van der Waals surface area (Å²) < 4.78 is 38.6. The van der Waals surface area contributed by atoms with E-state index in [1.165, 1.54) is 0 Å². The monoisotopic (exact) mass is 651 g/mol. The van der Waals surface area contributed by atoms with Crippen LogP contribution in [0.15, 0.2) is 53.4 Å². The van der Waals surface area contributed by atoms with Gasteiger partial charge in [0.1, 0.15) is 33.5 Å². The van der Waals surface area contributed by atoms with Crippen LogP contribution in [-0.2, 0) is 24.8 Å². The van der Waals surface area contributed by atoms with Crippen molar-refractivity contribution >= 4 is 27.8 Å². The predicted molar refractivity (Wildman–Crippen MR) is 180 cm³/mol. The van der Waals surface area contributed by atoms with Crippen LogP contribution in [0.25, 0.3) is 11.0 Å². The number of fused-ring (bicyclic) bond motifs is 2. The van der Waals surface area contributed by atoms with Crippen LogP contribution in [0.3, 0.4) is 0 Å². The van der Waals surface area contributed by atoms with Gasteiger partial charge in [-0.05, 0) is 91.7 Å². The number of hydrogen-bond donors (Lipinski definition) is 4. The lowest BCUT2D eigenvalue weighted by atomic mass is 9.86. The molecule has 5 N–H and O–H groups in total. The van der Waals surface area contributed by atoms with Crippen LogP contribution >= 0.6 is 10.8 Å². The normalized spacial score (nSPS) is 17.6. The van der Waals surface area contributed by atoms with Crippen molar-refractivity contribution in [2.45, 2.75) is 75.8 Å². The molecule has 1 aromatic heterocycles. The van der Waals surface area contributed by atoms with Gasteiger partial charge in [0.2, 0.25) is 0 Å². The minimum Gasteiger partial charge on any atom is -0.494 e. The number of aromatic nitrogens is 3. The number of ether oxygens (including phenoxy) is 2. The van der Waals surface area contributed by atoms with Crippen LogP contribution in [0, 0.1) is 6.92 Å². The molecule has 0 spiro atoms. The van der Waals surface area contributed by atoms with Gasteiger partial charge in [0.15, 0.2) is 0 Å². The highest BCUT2D eigenvalue weighted by Crippen LogP contribution is 2.57. The molecular weight excluding hydrogens is 606 g/mol. The Bertz CT molecular complexity index is 1690. The van der Waals surface area contributed by atoms with E-state index in [4.69, 9.17) is 15.2 Å². The van der Waals surface area contributed by atoms with E-state index < -0.39 is 22.7 Å². The Morgan fingerprint density at radius 1 is 1.11 bits per heavy atom.